The van der Waals surface area contributed by atoms with E-state index < -0.39 is 11.7 Å². The first-order valence-corrected chi connectivity index (χ1v) is 32.5. The van der Waals surface area contributed by atoms with Gasteiger partial charge in [0.05, 0.1) is 38.8 Å². The minimum absolute atomic E-state index is 0.383. The fourth-order valence-electron chi connectivity index (χ4n) is 16.1. The van der Waals surface area contributed by atoms with E-state index in [9.17, 15) is 0 Å². The maximum Gasteiger partial charge on any atom is 0.416 e. The standard InChI is InChI=1S/C87H68F3N5/c1-47-32-50(4)80(51(5)33-47)60-21-28-74-70(41-60)71-42-61(81-52(6)34-48(2)35-53(81)7)22-29-75(71)94(74)78-45-65-20-26-68(78)69-27-25-67(87(88,89)90)46-79(69)95-76-30-23-62(82-54(8)36-49(3)37-55(82)9)43-72(76)73-44-63(24-31-77(73)95)83-56(10)38-66(39-57(83)11)59-18-15-19-64(40-59)85-91-84(92-86(65)93-85)58-16-13-12-14-17-58/h12-46H,1-11H3. The van der Waals surface area contributed by atoms with E-state index in [0.29, 0.717) is 38.8 Å². The number of fused-ring (bicyclic) bond motifs is 4. The predicted molar refractivity (Wildman–Crippen MR) is 393 cm³/mol. The van der Waals surface area contributed by atoms with Gasteiger partial charge >= 0.3 is 6.18 Å². The smallest absolute Gasteiger partial charge is 0.309 e. The molecule has 462 valence electrons. The van der Waals surface area contributed by atoms with E-state index in [4.69, 9.17) is 15.0 Å². The monoisotopic (exact) mass is 1240 g/mol. The van der Waals surface area contributed by atoms with E-state index >= 15 is 13.2 Å². The third kappa shape index (κ3) is 9.87. The van der Waals surface area contributed by atoms with Crippen LogP contribution < -0.4 is 0 Å². The van der Waals surface area contributed by atoms with Gasteiger partial charge in [0.25, 0.3) is 0 Å². The van der Waals surface area contributed by atoms with Crippen molar-refractivity contribution in [2.75, 3.05) is 0 Å². The van der Waals surface area contributed by atoms with Gasteiger partial charge < -0.3 is 8.97 Å². The van der Waals surface area contributed by atoms with Crippen LogP contribution in [0, 0.1) is 76.2 Å². The summed E-state index contributed by atoms with van der Waals surface area (Å²) in [5, 5.41) is 10.9. The Bertz CT molecular complexity index is 5930. The summed E-state index contributed by atoms with van der Waals surface area (Å²) in [6.07, 6.45) is -4.68. The molecule has 0 fully saturated rings. The molecule has 0 aliphatic carbocycles. The number of alkyl halides is 3. The van der Waals surface area contributed by atoms with E-state index in [-0.39, 0.29) is 0 Å². The van der Waals surface area contributed by atoms with E-state index in [1.807, 2.05) is 36.4 Å². The molecule has 0 spiro atoms. The van der Waals surface area contributed by atoms with Gasteiger partial charge in [-0.15, -0.1) is 0 Å². The van der Waals surface area contributed by atoms with Gasteiger partial charge in [0, 0.05) is 48.7 Å². The summed E-state index contributed by atoms with van der Waals surface area (Å²) >= 11 is 0. The molecule has 0 saturated carbocycles. The Morgan fingerprint density at radius 3 is 1.27 bits per heavy atom. The Labute approximate surface area is 549 Å². The largest absolute Gasteiger partial charge is 0.416 e. The Balaban J connectivity index is 1.14. The van der Waals surface area contributed by atoms with E-state index in [1.165, 1.54) is 62.2 Å². The first kappa shape index (κ1) is 59.1. The second-order valence-corrected chi connectivity index (χ2v) is 26.6. The van der Waals surface area contributed by atoms with Crippen LogP contribution in [0.15, 0.2) is 212 Å². The molecule has 0 aliphatic heterocycles. The molecule has 23 aromatic rings. The molecule has 0 amide bonds. The lowest BCUT2D eigenvalue weighted by Crippen LogP contribution is -2.05. The van der Waals surface area contributed by atoms with Crippen LogP contribution in [0.5, 0.6) is 0 Å². The van der Waals surface area contributed by atoms with Gasteiger partial charge in [0.15, 0.2) is 17.1 Å². The molecule has 5 nitrogen and oxygen atoms in total. The molecular formula is C87H68F3N5. The molecule has 12 aromatic carbocycles. The molecule has 12 bridgehead atoms. The van der Waals surface area contributed by atoms with Gasteiger partial charge in [0.1, 0.15) is 0 Å². The highest BCUT2D eigenvalue weighted by Gasteiger charge is 2.31. The van der Waals surface area contributed by atoms with Gasteiger partial charge in [-0.05, 0) is 248 Å². The minimum Gasteiger partial charge on any atom is -0.309 e. The zero-order valence-electron chi connectivity index (χ0n) is 55.1. The highest BCUT2D eigenvalue weighted by atomic mass is 19.4. The summed E-state index contributed by atoms with van der Waals surface area (Å²) < 4.78 is 52.0. The van der Waals surface area contributed by atoms with E-state index in [2.05, 4.69) is 243 Å². The highest BCUT2D eigenvalue weighted by molar-refractivity contribution is 6.17. The van der Waals surface area contributed by atoms with Crippen LogP contribution in [0.25, 0.3) is 154 Å². The molecule has 0 radical (unpaired) electrons. The SMILES string of the molecule is Cc1cc(C)c(-c2ccc3c(c2)c2cc(-c4c(C)cc(C)cc4C)ccc2n3-c2cc3ccc2c2ccc(C(F)(F)F)cc2n2c4ccc(-c5c(C)cc(C)cc5C)cc4c4cc(ccc42)c2c(C)cc(cc2C)c2cccc(c2)c2nc(-c4ccccc4)nc3n2)c(C)c1. The molecular weight excluding hydrogens is 1170 g/mol. The van der Waals surface area contributed by atoms with Crippen LogP contribution in [-0.4, -0.2) is 23.9 Å². The van der Waals surface area contributed by atoms with Gasteiger partial charge in [-0.3, -0.25) is 0 Å². The molecule has 95 heavy (non-hydrogen) atoms. The van der Waals surface area contributed by atoms with Gasteiger partial charge in [-0.2, -0.15) is 13.2 Å². The summed E-state index contributed by atoms with van der Waals surface area (Å²) in [7, 11) is 0. The van der Waals surface area contributed by atoms with Crippen molar-refractivity contribution in [1.82, 2.24) is 23.9 Å². The average Bonchev–Trinajstić information content (AvgIpc) is 1.61. The van der Waals surface area contributed by atoms with Crippen molar-refractivity contribution in [2.45, 2.75) is 82.3 Å². The number of halogens is 3. The third-order valence-electron chi connectivity index (χ3n) is 19.7. The molecule has 23 rings (SSSR count). The van der Waals surface area contributed by atoms with Gasteiger partial charge in [-0.1, -0.05) is 156 Å². The molecule has 0 N–H and O–H groups in total. The summed E-state index contributed by atoms with van der Waals surface area (Å²) in [5.41, 5.74) is 25.1. The number of aryl methyl sites for hydroxylation is 11. The number of nitrogens with zero attached hydrogens (tertiary/aromatic N) is 5. The Morgan fingerprint density at radius 1 is 0.295 bits per heavy atom. The second kappa shape index (κ2) is 22.1. The lowest BCUT2D eigenvalue weighted by Gasteiger charge is -2.15. The molecule has 11 aromatic heterocycles. The fourth-order valence-corrected chi connectivity index (χ4v) is 16.1. The predicted octanol–water partition coefficient (Wildman–Crippen LogP) is 24.1. The maximum absolute atomic E-state index is 15.9. The second-order valence-electron chi connectivity index (χ2n) is 26.6. The first-order chi connectivity index (χ1) is 45.7. The first-order valence-electron chi connectivity index (χ1n) is 32.5. The number of hydrogen-bond donors (Lipinski definition) is 0. The third-order valence-corrected chi connectivity index (χ3v) is 19.7. The lowest BCUT2D eigenvalue weighted by molar-refractivity contribution is -0.137. The number of rotatable bonds is 5. The van der Waals surface area contributed by atoms with Crippen LogP contribution in [0.2, 0.25) is 0 Å². The Morgan fingerprint density at radius 2 is 0.747 bits per heavy atom. The average molecular weight is 1240 g/mol. The molecule has 11 heterocycles. The summed E-state index contributed by atoms with van der Waals surface area (Å²) in [6.45, 7) is 23.8. The molecule has 0 unspecified atom stereocenters. The van der Waals surface area contributed by atoms with Crippen LogP contribution in [-0.2, 0) is 6.18 Å². The van der Waals surface area contributed by atoms with Crippen molar-refractivity contribution in [3.63, 3.8) is 0 Å². The normalized spacial score (nSPS) is 12.1. The number of aromatic nitrogens is 5. The van der Waals surface area contributed by atoms with Crippen LogP contribution in [0.3, 0.4) is 0 Å². The maximum atomic E-state index is 15.9. The molecule has 8 heteroatoms. The van der Waals surface area contributed by atoms with Crippen LogP contribution in [0.1, 0.15) is 66.8 Å². The van der Waals surface area contributed by atoms with E-state index in [0.717, 1.165) is 126 Å². The summed E-state index contributed by atoms with van der Waals surface area (Å²) in [5.74, 6) is 0.505. The Hall–Kier alpha value is -11.0. The lowest BCUT2D eigenvalue weighted by atomic mass is 9.91. The number of benzene rings is 12. The number of hydrogen-bond acceptors (Lipinski definition) is 3. The Kier molecular flexibility index (Phi) is 13.7. The van der Waals surface area contributed by atoms with Crippen molar-refractivity contribution in [2.24, 2.45) is 0 Å². The minimum atomic E-state index is -4.68. The molecule has 0 aliphatic rings. The summed E-state index contributed by atoms with van der Waals surface area (Å²) in [6, 6.07) is 73.3. The summed E-state index contributed by atoms with van der Waals surface area (Å²) in [4.78, 5) is 16.0. The highest BCUT2D eigenvalue weighted by Crippen LogP contribution is 2.45. The van der Waals surface area contributed by atoms with Crippen molar-refractivity contribution >= 4 is 104 Å². The van der Waals surface area contributed by atoms with Crippen molar-refractivity contribution in [3.05, 3.63) is 279 Å². The zero-order chi connectivity index (χ0) is 65.6. The van der Waals surface area contributed by atoms with Crippen molar-refractivity contribution in [3.8, 4) is 50.5 Å². The van der Waals surface area contributed by atoms with Gasteiger partial charge in [0.2, 0.25) is 0 Å². The van der Waals surface area contributed by atoms with E-state index in [1.54, 1.807) is 6.07 Å². The molecule has 0 atom stereocenters. The fraction of sp³-hybridized carbons (Fsp3) is 0.138. The molecule has 0 saturated heterocycles. The van der Waals surface area contributed by atoms with Crippen molar-refractivity contribution < 1.29 is 13.2 Å². The van der Waals surface area contributed by atoms with Crippen LogP contribution in [0.4, 0.5) is 13.2 Å². The van der Waals surface area contributed by atoms with Gasteiger partial charge in [-0.25, -0.2) is 15.0 Å². The van der Waals surface area contributed by atoms with Crippen LogP contribution >= 0.6 is 0 Å². The van der Waals surface area contributed by atoms with Crippen molar-refractivity contribution in [1.29, 1.82) is 0 Å². The zero-order valence-corrected chi connectivity index (χ0v) is 55.1. The topological polar surface area (TPSA) is 48.0 Å². The quantitative estimate of drug-likeness (QED) is 0.173.